The summed E-state index contributed by atoms with van der Waals surface area (Å²) >= 11 is 0. The van der Waals surface area contributed by atoms with Crippen molar-refractivity contribution in [3.05, 3.63) is 23.4 Å². The van der Waals surface area contributed by atoms with Gasteiger partial charge in [0, 0.05) is 18.2 Å². The normalized spacial score (nSPS) is 13.7. The topological polar surface area (TPSA) is 71.2 Å². The van der Waals surface area contributed by atoms with Gasteiger partial charge in [-0.15, -0.1) is 0 Å². The van der Waals surface area contributed by atoms with Gasteiger partial charge < -0.3 is 16.2 Å². The first-order valence-corrected chi connectivity index (χ1v) is 5.93. The molecular weight excluding hydrogens is 214 g/mol. The lowest BCUT2D eigenvalue weighted by molar-refractivity contribution is 0.272. The van der Waals surface area contributed by atoms with Gasteiger partial charge in [0.2, 0.25) is 0 Å². The number of pyridine rings is 1. The molecule has 0 radical (unpaired) electrons. The van der Waals surface area contributed by atoms with Gasteiger partial charge in [-0.1, -0.05) is 26.8 Å². The number of aliphatic hydroxyl groups excluding tert-OH is 1. The molecule has 0 spiro atoms. The summed E-state index contributed by atoms with van der Waals surface area (Å²) in [7, 11) is 0. The average Bonchev–Trinajstić information content (AvgIpc) is 2.24. The standard InChI is InChI=1S/C13H23N3O/c1-9(13(2,3)4)15-7-11-10(8-17)5-6-12(14)16-11/h5-6,9,15,17H,7-8H2,1-4H3,(H2,14,16). The number of hydrogen-bond donors (Lipinski definition) is 3. The van der Waals surface area contributed by atoms with E-state index >= 15 is 0 Å². The predicted molar refractivity (Wildman–Crippen MR) is 70.3 cm³/mol. The molecule has 0 fully saturated rings. The maximum absolute atomic E-state index is 9.23. The Morgan fingerprint density at radius 1 is 1.41 bits per heavy atom. The van der Waals surface area contributed by atoms with Crippen LogP contribution < -0.4 is 11.1 Å². The van der Waals surface area contributed by atoms with Crippen molar-refractivity contribution in [2.75, 3.05) is 5.73 Å². The predicted octanol–water partition coefficient (Wildman–Crippen LogP) is 1.68. The van der Waals surface area contributed by atoms with Crippen LogP contribution in [0.25, 0.3) is 0 Å². The Labute approximate surface area is 103 Å². The van der Waals surface area contributed by atoms with Gasteiger partial charge in [0.05, 0.1) is 12.3 Å². The zero-order chi connectivity index (χ0) is 13.1. The van der Waals surface area contributed by atoms with Gasteiger partial charge in [-0.25, -0.2) is 4.98 Å². The summed E-state index contributed by atoms with van der Waals surface area (Å²) in [5.74, 6) is 0.488. The van der Waals surface area contributed by atoms with Gasteiger partial charge in [-0.2, -0.15) is 0 Å². The van der Waals surface area contributed by atoms with Gasteiger partial charge in [0.25, 0.3) is 0 Å². The zero-order valence-electron chi connectivity index (χ0n) is 11.1. The maximum atomic E-state index is 9.23. The van der Waals surface area contributed by atoms with Gasteiger partial charge in [0.1, 0.15) is 5.82 Å². The molecular formula is C13H23N3O. The Kier molecular flexibility index (Phi) is 4.48. The molecule has 4 N–H and O–H groups in total. The van der Waals surface area contributed by atoms with E-state index in [1.165, 1.54) is 0 Å². The van der Waals surface area contributed by atoms with Crippen LogP contribution in [0.5, 0.6) is 0 Å². The number of hydrogen-bond acceptors (Lipinski definition) is 4. The SMILES string of the molecule is CC(NCc1nc(N)ccc1CO)C(C)(C)C. The molecule has 96 valence electrons. The van der Waals surface area contributed by atoms with Crippen molar-refractivity contribution in [2.45, 2.75) is 46.9 Å². The van der Waals surface area contributed by atoms with Crippen LogP contribution in [0.15, 0.2) is 12.1 Å². The Morgan fingerprint density at radius 3 is 2.59 bits per heavy atom. The molecule has 0 amide bonds. The molecule has 0 bridgehead atoms. The van der Waals surface area contributed by atoms with E-state index in [0.29, 0.717) is 18.4 Å². The summed E-state index contributed by atoms with van der Waals surface area (Å²) in [5.41, 5.74) is 7.50. The molecule has 1 heterocycles. The fraction of sp³-hybridized carbons (Fsp3) is 0.615. The Bertz CT molecular complexity index is 371. The van der Waals surface area contributed by atoms with Gasteiger partial charge in [0.15, 0.2) is 0 Å². The zero-order valence-corrected chi connectivity index (χ0v) is 11.1. The van der Waals surface area contributed by atoms with Crippen LogP contribution in [0.1, 0.15) is 39.0 Å². The third kappa shape index (κ3) is 3.98. The Morgan fingerprint density at radius 2 is 2.06 bits per heavy atom. The third-order valence-corrected chi connectivity index (χ3v) is 3.14. The summed E-state index contributed by atoms with van der Waals surface area (Å²) < 4.78 is 0. The minimum atomic E-state index is -0.00576. The second kappa shape index (κ2) is 5.47. The van der Waals surface area contributed by atoms with Crippen molar-refractivity contribution in [1.82, 2.24) is 10.3 Å². The number of aliphatic hydroxyl groups is 1. The van der Waals surface area contributed by atoms with E-state index in [0.717, 1.165) is 11.3 Å². The van der Waals surface area contributed by atoms with E-state index in [1.54, 1.807) is 6.07 Å². The van der Waals surface area contributed by atoms with Gasteiger partial charge in [-0.05, 0) is 18.4 Å². The fourth-order valence-corrected chi connectivity index (χ4v) is 1.40. The number of nitrogens with one attached hydrogen (secondary N) is 1. The number of aromatic nitrogens is 1. The number of anilines is 1. The molecule has 4 heteroatoms. The molecule has 0 saturated carbocycles. The summed E-state index contributed by atoms with van der Waals surface area (Å²) in [6.45, 7) is 9.32. The molecule has 1 atom stereocenters. The Hall–Kier alpha value is -1.13. The van der Waals surface area contributed by atoms with E-state index in [-0.39, 0.29) is 12.0 Å². The van der Waals surface area contributed by atoms with E-state index < -0.39 is 0 Å². The third-order valence-electron chi connectivity index (χ3n) is 3.14. The minimum absolute atomic E-state index is 0.00576. The lowest BCUT2D eigenvalue weighted by atomic mass is 9.88. The summed E-state index contributed by atoms with van der Waals surface area (Å²) in [4.78, 5) is 4.25. The van der Waals surface area contributed by atoms with E-state index in [4.69, 9.17) is 5.73 Å². The van der Waals surface area contributed by atoms with Crippen LogP contribution in [-0.4, -0.2) is 16.1 Å². The molecule has 4 nitrogen and oxygen atoms in total. The number of nitrogen functional groups attached to an aromatic ring is 1. The largest absolute Gasteiger partial charge is 0.392 e. The van der Waals surface area contributed by atoms with Crippen LogP contribution in [0, 0.1) is 5.41 Å². The van der Waals surface area contributed by atoms with Crippen molar-refractivity contribution in [1.29, 1.82) is 0 Å². The Balaban J connectivity index is 2.72. The van der Waals surface area contributed by atoms with E-state index in [9.17, 15) is 5.11 Å². The van der Waals surface area contributed by atoms with Gasteiger partial charge >= 0.3 is 0 Å². The summed E-state index contributed by atoms with van der Waals surface area (Å²) in [6.07, 6.45) is 0. The van der Waals surface area contributed by atoms with Gasteiger partial charge in [-0.3, -0.25) is 0 Å². The first-order valence-electron chi connectivity index (χ1n) is 5.93. The minimum Gasteiger partial charge on any atom is -0.392 e. The monoisotopic (exact) mass is 237 g/mol. The van der Waals surface area contributed by atoms with Crippen molar-refractivity contribution in [3.63, 3.8) is 0 Å². The van der Waals surface area contributed by atoms with Crippen LogP contribution in [0.3, 0.4) is 0 Å². The van der Waals surface area contributed by atoms with Crippen LogP contribution in [0.2, 0.25) is 0 Å². The van der Waals surface area contributed by atoms with Crippen molar-refractivity contribution in [2.24, 2.45) is 5.41 Å². The van der Waals surface area contributed by atoms with E-state index in [2.05, 4.69) is 38.0 Å². The average molecular weight is 237 g/mol. The summed E-state index contributed by atoms with van der Waals surface area (Å²) in [5, 5.41) is 12.6. The molecule has 0 saturated heterocycles. The highest BCUT2D eigenvalue weighted by Crippen LogP contribution is 2.19. The number of rotatable bonds is 4. The molecule has 1 aromatic rings. The second-order valence-corrected chi connectivity index (χ2v) is 5.47. The number of nitrogens with two attached hydrogens (primary N) is 1. The van der Waals surface area contributed by atoms with Crippen molar-refractivity contribution >= 4 is 5.82 Å². The van der Waals surface area contributed by atoms with Crippen LogP contribution in [-0.2, 0) is 13.2 Å². The fourth-order valence-electron chi connectivity index (χ4n) is 1.40. The summed E-state index contributed by atoms with van der Waals surface area (Å²) in [6, 6.07) is 3.89. The smallest absolute Gasteiger partial charge is 0.123 e. The first kappa shape index (κ1) is 13.9. The molecule has 1 rings (SSSR count). The second-order valence-electron chi connectivity index (χ2n) is 5.47. The molecule has 17 heavy (non-hydrogen) atoms. The van der Waals surface area contributed by atoms with Crippen LogP contribution in [0.4, 0.5) is 5.82 Å². The molecule has 0 aliphatic carbocycles. The van der Waals surface area contributed by atoms with Crippen molar-refractivity contribution < 1.29 is 5.11 Å². The lowest BCUT2D eigenvalue weighted by Crippen LogP contribution is -2.37. The highest BCUT2D eigenvalue weighted by atomic mass is 16.3. The van der Waals surface area contributed by atoms with E-state index in [1.807, 2.05) is 6.07 Å². The number of nitrogens with zero attached hydrogens (tertiary/aromatic N) is 1. The highest BCUT2D eigenvalue weighted by molar-refractivity contribution is 5.33. The molecule has 1 unspecified atom stereocenters. The quantitative estimate of drug-likeness (QED) is 0.745. The molecule has 0 aliphatic heterocycles. The lowest BCUT2D eigenvalue weighted by Gasteiger charge is -2.28. The first-order chi connectivity index (χ1) is 7.84. The molecule has 0 aromatic carbocycles. The molecule has 1 aromatic heterocycles. The van der Waals surface area contributed by atoms with Crippen molar-refractivity contribution in [3.8, 4) is 0 Å². The highest BCUT2D eigenvalue weighted by Gasteiger charge is 2.19. The molecule has 0 aliphatic rings. The van der Waals surface area contributed by atoms with Crippen LogP contribution >= 0.6 is 0 Å². The maximum Gasteiger partial charge on any atom is 0.123 e.